The summed E-state index contributed by atoms with van der Waals surface area (Å²) in [4.78, 5) is 17.1. The zero-order valence-electron chi connectivity index (χ0n) is 14.5. The maximum absolute atomic E-state index is 12.2. The lowest BCUT2D eigenvalue weighted by molar-refractivity contribution is -0.115. The smallest absolute Gasteiger partial charge is 0.264 e. The van der Waals surface area contributed by atoms with Crippen LogP contribution < -0.4 is 14.8 Å². The maximum atomic E-state index is 12.2. The predicted molar refractivity (Wildman–Crippen MR) is 111 cm³/mol. The molecule has 0 saturated carbocycles. The molecule has 0 aliphatic carbocycles. The molecule has 0 spiro atoms. The third-order valence-electron chi connectivity index (χ3n) is 3.56. The van der Waals surface area contributed by atoms with Crippen molar-refractivity contribution in [1.82, 2.24) is 5.32 Å². The van der Waals surface area contributed by atoms with Crippen molar-refractivity contribution >= 4 is 57.8 Å². The molecule has 142 valence electrons. The topological polar surface area (TPSA) is 83.7 Å². The number of ether oxygens (including phenoxy) is 2. The first kappa shape index (κ1) is 20.1. The van der Waals surface area contributed by atoms with Gasteiger partial charge in [0, 0.05) is 0 Å². The van der Waals surface area contributed by atoms with Gasteiger partial charge in [-0.2, -0.15) is 5.26 Å². The standard InChI is InChI=1S/C19H13Cl2N3O3S/c1-26-16-8-11(2-5-15(16)27-7-6-22)9-17-18(25)24-19(28-17)23-12-3-4-13(20)14(21)10-12/h2-5,8-10H,7H2,1H3,(H,23,24,25)/b17-9-. The molecule has 28 heavy (non-hydrogen) atoms. The van der Waals surface area contributed by atoms with Gasteiger partial charge in [0.25, 0.3) is 5.91 Å². The molecule has 1 N–H and O–H groups in total. The van der Waals surface area contributed by atoms with Crippen molar-refractivity contribution in [3.8, 4) is 17.6 Å². The van der Waals surface area contributed by atoms with E-state index in [4.69, 9.17) is 37.9 Å². The summed E-state index contributed by atoms with van der Waals surface area (Å²) in [6.07, 6.45) is 1.72. The number of rotatable bonds is 5. The lowest BCUT2D eigenvalue weighted by Gasteiger charge is -2.08. The molecule has 1 fully saturated rings. The van der Waals surface area contributed by atoms with Gasteiger partial charge in [-0.25, -0.2) is 4.99 Å². The highest BCUT2D eigenvalue weighted by Gasteiger charge is 2.24. The van der Waals surface area contributed by atoms with Crippen molar-refractivity contribution in [3.63, 3.8) is 0 Å². The van der Waals surface area contributed by atoms with Gasteiger partial charge in [-0.15, -0.1) is 0 Å². The van der Waals surface area contributed by atoms with Crippen molar-refractivity contribution in [2.24, 2.45) is 4.99 Å². The van der Waals surface area contributed by atoms with Crippen LogP contribution >= 0.6 is 35.0 Å². The number of nitrogens with zero attached hydrogens (tertiary/aromatic N) is 2. The molecule has 0 aromatic heterocycles. The number of carbonyl (C=O) groups excluding carboxylic acids is 1. The number of hydrogen-bond acceptors (Lipinski definition) is 6. The molecule has 0 atom stereocenters. The van der Waals surface area contributed by atoms with E-state index in [-0.39, 0.29) is 12.5 Å². The Morgan fingerprint density at radius 2 is 2.04 bits per heavy atom. The fourth-order valence-electron chi connectivity index (χ4n) is 2.31. The van der Waals surface area contributed by atoms with Crippen molar-refractivity contribution < 1.29 is 14.3 Å². The molecule has 2 aromatic carbocycles. The van der Waals surface area contributed by atoms with Crippen LogP contribution in [0.25, 0.3) is 6.08 Å². The Morgan fingerprint density at radius 1 is 1.21 bits per heavy atom. The maximum Gasteiger partial charge on any atom is 0.264 e. The molecule has 1 aliphatic rings. The summed E-state index contributed by atoms with van der Waals surface area (Å²) in [7, 11) is 1.50. The molecule has 0 radical (unpaired) electrons. The molecule has 1 aliphatic heterocycles. The predicted octanol–water partition coefficient (Wildman–Crippen LogP) is 4.80. The van der Waals surface area contributed by atoms with E-state index in [1.807, 2.05) is 6.07 Å². The average Bonchev–Trinajstić information content (AvgIpc) is 3.02. The van der Waals surface area contributed by atoms with Crippen LogP contribution in [0.4, 0.5) is 5.69 Å². The minimum absolute atomic E-state index is 0.0798. The zero-order chi connectivity index (χ0) is 20.1. The Morgan fingerprint density at radius 3 is 2.75 bits per heavy atom. The molecule has 1 amide bonds. The fourth-order valence-corrected chi connectivity index (χ4v) is 3.44. The summed E-state index contributed by atoms with van der Waals surface area (Å²) < 4.78 is 10.6. The number of aliphatic imine (C=N–C) groups is 1. The van der Waals surface area contributed by atoms with Crippen molar-refractivity contribution in [2.45, 2.75) is 0 Å². The quantitative estimate of drug-likeness (QED) is 0.684. The SMILES string of the molecule is COc1cc(/C=C2\SC(=Nc3ccc(Cl)c(Cl)c3)NC2=O)ccc1OCC#N. The van der Waals surface area contributed by atoms with Gasteiger partial charge < -0.3 is 14.8 Å². The summed E-state index contributed by atoms with van der Waals surface area (Å²) in [5.41, 5.74) is 1.33. The molecule has 1 saturated heterocycles. The Balaban J connectivity index is 1.81. The third kappa shape index (κ3) is 4.78. The van der Waals surface area contributed by atoms with Crippen molar-refractivity contribution in [3.05, 3.63) is 56.9 Å². The molecule has 9 heteroatoms. The van der Waals surface area contributed by atoms with Gasteiger partial charge in [-0.3, -0.25) is 4.79 Å². The first-order chi connectivity index (χ1) is 13.5. The van der Waals surface area contributed by atoms with Crippen LogP contribution in [-0.4, -0.2) is 24.8 Å². The molecular weight excluding hydrogens is 421 g/mol. The molecule has 6 nitrogen and oxygen atoms in total. The van der Waals surface area contributed by atoms with Crippen molar-refractivity contribution in [2.75, 3.05) is 13.7 Å². The highest BCUT2D eigenvalue weighted by Crippen LogP contribution is 2.33. The van der Waals surface area contributed by atoms with Gasteiger partial charge >= 0.3 is 0 Å². The van der Waals surface area contributed by atoms with Gasteiger partial charge in [0.05, 0.1) is 27.7 Å². The monoisotopic (exact) mass is 433 g/mol. The number of nitriles is 1. The van der Waals surface area contributed by atoms with Crippen LogP contribution in [0.1, 0.15) is 5.56 Å². The summed E-state index contributed by atoms with van der Waals surface area (Å²) in [6, 6.07) is 12.1. The van der Waals surface area contributed by atoms with E-state index in [0.717, 1.165) is 5.56 Å². The second-order valence-corrected chi connectivity index (χ2v) is 7.28. The number of amides is 1. The number of carbonyl (C=O) groups is 1. The van der Waals surface area contributed by atoms with E-state index >= 15 is 0 Å². The number of thioether (sulfide) groups is 1. The summed E-state index contributed by atoms with van der Waals surface area (Å²) in [5, 5.41) is 12.6. The second kappa shape index (κ2) is 9.02. The highest BCUT2D eigenvalue weighted by atomic mass is 35.5. The molecule has 1 heterocycles. The van der Waals surface area contributed by atoms with Gasteiger partial charge in [-0.1, -0.05) is 29.3 Å². The third-order valence-corrected chi connectivity index (χ3v) is 5.21. The van der Waals surface area contributed by atoms with E-state index in [1.165, 1.54) is 18.9 Å². The average molecular weight is 434 g/mol. The van der Waals surface area contributed by atoms with Crippen molar-refractivity contribution in [1.29, 1.82) is 5.26 Å². The van der Waals surface area contributed by atoms with Gasteiger partial charge in [-0.05, 0) is 53.7 Å². The van der Waals surface area contributed by atoms with E-state index in [0.29, 0.717) is 37.3 Å². The summed E-state index contributed by atoms with van der Waals surface area (Å²) in [5.74, 6) is 0.668. The summed E-state index contributed by atoms with van der Waals surface area (Å²) in [6.45, 7) is -0.0798. The summed E-state index contributed by atoms with van der Waals surface area (Å²) >= 11 is 13.1. The van der Waals surface area contributed by atoms with Gasteiger partial charge in [0.15, 0.2) is 23.3 Å². The Kier molecular flexibility index (Phi) is 6.47. The number of halogens is 2. The molecular formula is C19H13Cl2N3O3S. The largest absolute Gasteiger partial charge is 0.493 e. The van der Waals surface area contributed by atoms with E-state index in [2.05, 4.69) is 10.3 Å². The lowest BCUT2D eigenvalue weighted by Crippen LogP contribution is -2.19. The Hall–Kier alpha value is -2.66. The van der Waals surface area contributed by atoms with Crippen LogP contribution in [0.5, 0.6) is 11.5 Å². The highest BCUT2D eigenvalue weighted by molar-refractivity contribution is 8.18. The van der Waals surface area contributed by atoms with E-state index in [1.54, 1.807) is 42.5 Å². The van der Waals surface area contributed by atoms with Crippen LogP contribution in [0.3, 0.4) is 0 Å². The first-order valence-corrected chi connectivity index (χ1v) is 9.50. The van der Waals surface area contributed by atoms with Crippen LogP contribution in [0.15, 0.2) is 46.3 Å². The zero-order valence-corrected chi connectivity index (χ0v) is 16.9. The van der Waals surface area contributed by atoms with E-state index < -0.39 is 0 Å². The van der Waals surface area contributed by atoms with Crippen LogP contribution in [0, 0.1) is 11.3 Å². The lowest BCUT2D eigenvalue weighted by atomic mass is 10.2. The number of nitrogens with one attached hydrogen (secondary N) is 1. The number of amidine groups is 1. The second-order valence-electron chi connectivity index (χ2n) is 5.44. The van der Waals surface area contributed by atoms with Crippen LogP contribution in [0.2, 0.25) is 10.0 Å². The number of methoxy groups -OCH3 is 1. The number of benzene rings is 2. The van der Waals surface area contributed by atoms with E-state index in [9.17, 15) is 4.79 Å². The van der Waals surface area contributed by atoms with Crippen LogP contribution in [-0.2, 0) is 4.79 Å². The minimum atomic E-state index is -0.257. The molecule has 0 unspecified atom stereocenters. The minimum Gasteiger partial charge on any atom is -0.493 e. The Bertz CT molecular complexity index is 1030. The first-order valence-electron chi connectivity index (χ1n) is 7.92. The molecule has 0 bridgehead atoms. The molecule has 2 aromatic rings. The Labute approximate surface area is 175 Å². The number of hydrogen-bond donors (Lipinski definition) is 1. The van der Waals surface area contributed by atoms with Gasteiger partial charge in [0.2, 0.25) is 0 Å². The van der Waals surface area contributed by atoms with Gasteiger partial charge in [0.1, 0.15) is 6.07 Å². The fraction of sp³-hybridized carbons (Fsp3) is 0.105. The normalized spacial score (nSPS) is 16.1. The molecule has 3 rings (SSSR count).